The van der Waals surface area contributed by atoms with Crippen LogP contribution >= 0.6 is 0 Å². The van der Waals surface area contributed by atoms with Crippen LogP contribution in [0.25, 0.3) is 0 Å². The van der Waals surface area contributed by atoms with Crippen LogP contribution in [-0.4, -0.2) is 32.3 Å². The molecule has 15 heavy (non-hydrogen) atoms. The summed E-state index contributed by atoms with van der Waals surface area (Å²) in [7, 11) is 0. The molecule has 0 saturated carbocycles. The highest BCUT2D eigenvalue weighted by atomic mass is 16.5. The van der Waals surface area contributed by atoms with Crippen LogP contribution in [0.3, 0.4) is 0 Å². The molecule has 0 aromatic rings. The largest absolute Gasteiger partial charge is 0.381 e. The molecular weight excluding hydrogens is 188 g/mol. The van der Waals surface area contributed by atoms with Gasteiger partial charge in [0.15, 0.2) is 0 Å². The van der Waals surface area contributed by atoms with E-state index in [1.165, 1.54) is 24.8 Å². The summed E-state index contributed by atoms with van der Waals surface area (Å²) in [6, 6.07) is 0.206. The van der Waals surface area contributed by atoms with E-state index >= 15 is 0 Å². The van der Waals surface area contributed by atoms with E-state index < -0.39 is 0 Å². The zero-order valence-electron chi connectivity index (χ0n) is 9.59. The number of rotatable bonds is 2. The lowest BCUT2D eigenvalue weighted by molar-refractivity contribution is 0.0237. The Morgan fingerprint density at radius 3 is 2.93 bits per heavy atom. The van der Waals surface area contributed by atoms with Gasteiger partial charge in [0.05, 0.1) is 0 Å². The molecule has 2 rings (SSSR count). The number of ether oxygens (including phenoxy) is 1. The van der Waals surface area contributed by atoms with Crippen LogP contribution in [0.15, 0.2) is 11.6 Å². The Kier molecular flexibility index (Phi) is 3.44. The summed E-state index contributed by atoms with van der Waals surface area (Å²) in [5.74, 6) is 0. The molecule has 0 spiro atoms. The summed E-state index contributed by atoms with van der Waals surface area (Å²) in [6.07, 6.45) is 5.79. The first kappa shape index (κ1) is 11.1. The van der Waals surface area contributed by atoms with Gasteiger partial charge in [0, 0.05) is 32.3 Å². The molecule has 86 valence electrons. The van der Waals surface area contributed by atoms with Gasteiger partial charge in [-0.05, 0) is 24.7 Å². The molecule has 0 radical (unpaired) electrons. The molecule has 3 nitrogen and oxygen atoms in total. The van der Waals surface area contributed by atoms with E-state index in [0.29, 0.717) is 5.41 Å². The standard InChI is InChI=1S/C12H22N2O/c1-12(2-4-15-5-3-12)7-10-6-11(13)9-14-8-10/h6,11,14H,2-5,7-9,13H2,1H3. The van der Waals surface area contributed by atoms with Crippen LogP contribution in [0.4, 0.5) is 0 Å². The fourth-order valence-corrected chi connectivity index (χ4v) is 2.53. The van der Waals surface area contributed by atoms with Gasteiger partial charge >= 0.3 is 0 Å². The van der Waals surface area contributed by atoms with Crippen molar-refractivity contribution < 1.29 is 4.74 Å². The molecule has 3 N–H and O–H groups in total. The molecular formula is C12H22N2O. The third-order valence-corrected chi connectivity index (χ3v) is 3.54. The number of nitrogens with one attached hydrogen (secondary N) is 1. The van der Waals surface area contributed by atoms with Crippen LogP contribution in [-0.2, 0) is 4.74 Å². The van der Waals surface area contributed by atoms with E-state index in [1.54, 1.807) is 0 Å². The fourth-order valence-electron chi connectivity index (χ4n) is 2.53. The van der Waals surface area contributed by atoms with Crippen LogP contribution in [0.2, 0.25) is 0 Å². The summed E-state index contributed by atoms with van der Waals surface area (Å²) in [6.45, 7) is 6.15. The lowest BCUT2D eigenvalue weighted by Gasteiger charge is -2.35. The molecule has 1 atom stereocenters. The van der Waals surface area contributed by atoms with Crippen molar-refractivity contribution in [2.75, 3.05) is 26.3 Å². The molecule has 0 amide bonds. The topological polar surface area (TPSA) is 47.3 Å². The van der Waals surface area contributed by atoms with Crippen molar-refractivity contribution in [3.63, 3.8) is 0 Å². The maximum Gasteiger partial charge on any atom is 0.0471 e. The third-order valence-electron chi connectivity index (χ3n) is 3.54. The van der Waals surface area contributed by atoms with Gasteiger partial charge < -0.3 is 15.8 Å². The van der Waals surface area contributed by atoms with Crippen LogP contribution in [0.5, 0.6) is 0 Å². The van der Waals surface area contributed by atoms with Crippen molar-refractivity contribution in [3.05, 3.63) is 11.6 Å². The SMILES string of the molecule is CC1(CC2=CC(N)CNC2)CCOCC1. The Labute approximate surface area is 92.1 Å². The van der Waals surface area contributed by atoms with E-state index in [-0.39, 0.29) is 6.04 Å². The second kappa shape index (κ2) is 4.64. The Balaban J connectivity index is 1.94. The van der Waals surface area contributed by atoms with Crippen LogP contribution in [0.1, 0.15) is 26.2 Å². The first-order valence-electron chi connectivity index (χ1n) is 5.92. The summed E-state index contributed by atoms with van der Waals surface area (Å²) in [4.78, 5) is 0. The van der Waals surface area contributed by atoms with Crippen molar-refractivity contribution in [2.45, 2.75) is 32.2 Å². The van der Waals surface area contributed by atoms with Gasteiger partial charge in [0.2, 0.25) is 0 Å². The molecule has 0 aromatic carbocycles. The zero-order chi connectivity index (χ0) is 10.7. The van der Waals surface area contributed by atoms with E-state index in [9.17, 15) is 0 Å². The Morgan fingerprint density at radius 2 is 2.27 bits per heavy atom. The van der Waals surface area contributed by atoms with E-state index in [0.717, 1.165) is 26.3 Å². The second-order valence-corrected chi connectivity index (χ2v) is 5.22. The highest BCUT2D eigenvalue weighted by Gasteiger charge is 2.28. The van der Waals surface area contributed by atoms with E-state index in [1.807, 2.05) is 0 Å². The number of hydrogen-bond acceptors (Lipinski definition) is 3. The molecule has 0 aliphatic carbocycles. The number of hydrogen-bond donors (Lipinski definition) is 2. The minimum absolute atomic E-state index is 0.206. The smallest absolute Gasteiger partial charge is 0.0471 e. The molecule has 2 heterocycles. The molecule has 2 aliphatic rings. The highest BCUT2D eigenvalue weighted by Crippen LogP contribution is 2.36. The lowest BCUT2D eigenvalue weighted by atomic mass is 9.76. The molecule has 1 saturated heterocycles. The van der Waals surface area contributed by atoms with Crippen molar-refractivity contribution in [2.24, 2.45) is 11.1 Å². The second-order valence-electron chi connectivity index (χ2n) is 5.22. The quantitative estimate of drug-likeness (QED) is 0.670. The molecule has 3 heteroatoms. The Morgan fingerprint density at radius 1 is 1.53 bits per heavy atom. The van der Waals surface area contributed by atoms with Gasteiger partial charge in [-0.2, -0.15) is 0 Å². The van der Waals surface area contributed by atoms with Gasteiger partial charge in [-0.1, -0.05) is 18.6 Å². The van der Waals surface area contributed by atoms with Crippen molar-refractivity contribution in [3.8, 4) is 0 Å². The summed E-state index contributed by atoms with van der Waals surface area (Å²) < 4.78 is 5.42. The van der Waals surface area contributed by atoms with Gasteiger partial charge in [-0.15, -0.1) is 0 Å². The van der Waals surface area contributed by atoms with Crippen molar-refractivity contribution in [1.29, 1.82) is 0 Å². The normalized spacial score (nSPS) is 31.1. The molecule has 0 bridgehead atoms. The van der Waals surface area contributed by atoms with Gasteiger partial charge in [0.25, 0.3) is 0 Å². The summed E-state index contributed by atoms with van der Waals surface area (Å²) in [5, 5.41) is 3.37. The fraction of sp³-hybridized carbons (Fsp3) is 0.833. The Bertz CT molecular complexity index is 244. The van der Waals surface area contributed by atoms with Gasteiger partial charge in [0.1, 0.15) is 0 Å². The highest BCUT2D eigenvalue weighted by molar-refractivity contribution is 5.14. The minimum Gasteiger partial charge on any atom is -0.381 e. The van der Waals surface area contributed by atoms with Crippen LogP contribution < -0.4 is 11.1 Å². The predicted molar refractivity (Wildman–Crippen MR) is 61.7 cm³/mol. The molecule has 1 unspecified atom stereocenters. The van der Waals surface area contributed by atoms with Crippen LogP contribution in [0, 0.1) is 5.41 Å². The molecule has 2 aliphatic heterocycles. The molecule has 1 fully saturated rings. The summed E-state index contributed by atoms with van der Waals surface area (Å²) in [5.41, 5.74) is 7.83. The summed E-state index contributed by atoms with van der Waals surface area (Å²) >= 11 is 0. The van der Waals surface area contributed by atoms with E-state index in [2.05, 4.69) is 18.3 Å². The monoisotopic (exact) mass is 210 g/mol. The van der Waals surface area contributed by atoms with Gasteiger partial charge in [-0.3, -0.25) is 0 Å². The predicted octanol–water partition coefficient (Wildman–Crippen LogP) is 1.05. The molecule has 0 aromatic heterocycles. The van der Waals surface area contributed by atoms with Gasteiger partial charge in [-0.25, -0.2) is 0 Å². The average Bonchev–Trinajstić information content (AvgIpc) is 2.18. The maximum absolute atomic E-state index is 5.91. The third kappa shape index (κ3) is 3.03. The van der Waals surface area contributed by atoms with E-state index in [4.69, 9.17) is 10.5 Å². The average molecular weight is 210 g/mol. The van der Waals surface area contributed by atoms with Crippen molar-refractivity contribution >= 4 is 0 Å². The lowest BCUT2D eigenvalue weighted by Crippen LogP contribution is -2.39. The number of nitrogens with two attached hydrogens (primary N) is 1. The maximum atomic E-state index is 5.91. The van der Waals surface area contributed by atoms with Crippen molar-refractivity contribution in [1.82, 2.24) is 5.32 Å². The zero-order valence-corrected chi connectivity index (χ0v) is 9.59. The first-order chi connectivity index (χ1) is 7.18. The minimum atomic E-state index is 0.206. The Hall–Kier alpha value is -0.380. The first-order valence-corrected chi connectivity index (χ1v) is 5.92.